The summed E-state index contributed by atoms with van der Waals surface area (Å²) in [5, 5.41) is 18.5. The van der Waals surface area contributed by atoms with Crippen molar-refractivity contribution in [3.05, 3.63) is 53.8 Å². The van der Waals surface area contributed by atoms with Gasteiger partial charge in [-0.1, -0.05) is 17.2 Å². The van der Waals surface area contributed by atoms with Crippen molar-refractivity contribution in [3.8, 4) is 11.5 Å². The van der Waals surface area contributed by atoms with E-state index in [2.05, 4.69) is 25.7 Å². The largest absolute Gasteiger partial charge is 0.403 e. The van der Waals surface area contributed by atoms with Gasteiger partial charge in [0.2, 0.25) is 5.89 Å². The number of nitrogen functional groups attached to an aromatic ring is 1. The number of halogens is 1. The smallest absolute Gasteiger partial charge is 0.316 e. The second-order valence-corrected chi connectivity index (χ2v) is 5.27. The zero-order chi connectivity index (χ0) is 16.5. The number of hydrogen-bond acceptors (Lipinski definition) is 6. The molecule has 0 aliphatic rings. The first kappa shape index (κ1) is 14.2. The molecule has 0 fully saturated rings. The Kier molecular flexibility index (Phi) is 3.34. The first-order chi connectivity index (χ1) is 11.7. The summed E-state index contributed by atoms with van der Waals surface area (Å²) >= 11 is 0. The Morgan fingerprint density at radius 1 is 1.17 bits per heavy atom. The average Bonchev–Trinajstić information content (AvgIpc) is 3.20. The summed E-state index contributed by atoms with van der Waals surface area (Å²) in [6.07, 6.45) is 0. The molecular formula is C16H13FN6O. The third-order valence-corrected chi connectivity index (χ3v) is 3.60. The van der Waals surface area contributed by atoms with Crippen LogP contribution in [-0.2, 0) is 6.54 Å². The summed E-state index contributed by atoms with van der Waals surface area (Å²) in [5.41, 5.74) is 8.15. The average molecular weight is 324 g/mol. The lowest BCUT2D eigenvalue weighted by Crippen LogP contribution is -1.99. The summed E-state index contributed by atoms with van der Waals surface area (Å²) in [5.74, 6) is 0.488. The van der Waals surface area contributed by atoms with Crippen molar-refractivity contribution in [2.45, 2.75) is 6.54 Å². The third-order valence-electron chi connectivity index (χ3n) is 3.60. The number of anilines is 2. The van der Waals surface area contributed by atoms with Crippen molar-refractivity contribution in [1.82, 2.24) is 20.4 Å². The van der Waals surface area contributed by atoms with Gasteiger partial charge < -0.3 is 15.5 Å². The van der Waals surface area contributed by atoms with Gasteiger partial charge in [-0.2, -0.15) is 5.10 Å². The summed E-state index contributed by atoms with van der Waals surface area (Å²) in [4.78, 5) is 0. The Morgan fingerprint density at radius 3 is 2.96 bits per heavy atom. The van der Waals surface area contributed by atoms with Crippen molar-refractivity contribution in [2.24, 2.45) is 0 Å². The highest BCUT2D eigenvalue weighted by molar-refractivity contribution is 5.91. The van der Waals surface area contributed by atoms with Crippen molar-refractivity contribution < 1.29 is 8.81 Å². The van der Waals surface area contributed by atoms with Crippen LogP contribution in [0.2, 0.25) is 0 Å². The Morgan fingerprint density at radius 2 is 2.08 bits per heavy atom. The van der Waals surface area contributed by atoms with Crippen LogP contribution in [0.25, 0.3) is 22.4 Å². The Hall–Kier alpha value is -3.42. The van der Waals surface area contributed by atoms with Crippen LogP contribution in [0.5, 0.6) is 0 Å². The fourth-order valence-corrected chi connectivity index (χ4v) is 2.40. The summed E-state index contributed by atoms with van der Waals surface area (Å²) < 4.78 is 18.7. The molecule has 2 aromatic heterocycles. The van der Waals surface area contributed by atoms with Crippen molar-refractivity contribution in [1.29, 1.82) is 0 Å². The third kappa shape index (κ3) is 2.65. The molecule has 7 nitrogen and oxygen atoms in total. The predicted octanol–water partition coefficient (Wildman–Crippen LogP) is 2.95. The van der Waals surface area contributed by atoms with Crippen LogP contribution in [0, 0.1) is 5.82 Å². The zero-order valence-corrected chi connectivity index (χ0v) is 12.5. The summed E-state index contributed by atoms with van der Waals surface area (Å²) in [6.45, 7) is 0.382. The molecule has 0 atom stereocenters. The topological polar surface area (TPSA) is 106 Å². The zero-order valence-electron chi connectivity index (χ0n) is 12.5. The molecule has 4 N–H and O–H groups in total. The van der Waals surface area contributed by atoms with Crippen LogP contribution in [0.15, 0.2) is 46.9 Å². The lowest BCUT2D eigenvalue weighted by atomic mass is 10.1. The number of H-pyrrole nitrogens is 1. The van der Waals surface area contributed by atoms with Gasteiger partial charge in [0.05, 0.1) is 5.52 Å². The quantitative estimate of drug-likeness (QED) is 0.533. The minimum atomic E-state index is -0.286. The van der Waals surface area contributed by atoms with E-state index in [4.69, 9.17) is 10.2 Å². The molecule has 4 rings (SSSR count). The van der Waals surface area contributed by atoms with Gasteiger partial charge in [-0.15, -0.1) is 5.10 Å². The van der Waals surface area contributed by atoms with Crippen molar-refractivity contribution in [2.75, 3.05) is 11.1 Å². The number of benzene rings is 2. The number of nitrogens with two attached hydrogens (primary N) is 1. The maximum absolute atomic E-state index is 13.2. The summed E-state index contributed by atoms with van der Waals surface area (Å²) in [7, 11) is 0. The van der Waals surface area contributed by atoms with Gasteiger partial charge in [0, 0.05) is 17.5 Å². The molecule has 0 spiro atoms. The van der Waals surface area contributed by atoms with Crippen LogP contribution in [0.1, 0.15) is 5.56 Å². The molecular weight excluding hydrogens is 311 g/mol. The molecule has 2 heterocycles. The van der Waals surface area contributed by atoms with E-state index >= 15 is 0 Å². The molecule has 0 aliphatic heterocycles. The molecule has 24 heavy (non-hydrogen) atoms. The molecule has 0 aliphatic carbocycles. The Balaban J connectivity index is 1.54. The van der Waals surface area contributed by atoms with Gasteiger partial charge in [-0.25, -0.2) is 4.39 Å². The van der Waals surface area contributed by atoms with Crippen LogP contribution >= 0.6 is 0 Å². The highest BCUT2D eigenvalue weighted by atomic mass is 19.1. The minimum Gasteiger partial charge on any atom is -0.403 e. The number of nitrogens with zero attached hydrogens (tertiary/aromatic N) is 3. The highest BCUT2D eigenvalue weighted by Crippen LogP contribution is 2.26. The summed E-state index contributed by atoms with van der Waals surface area (Å²) in [6, 6.07) is 12.1. The van der Waals surface area contributed by atoms with E-state index in [0.717, 1.165) is 22.0 Å². The highest BCUT2D eigenvalue weighted by Gasteiger charge is 2.11. The molecule has 0 bridgehead atoms. The van der Waals surface area contributed by atoms with E-state index in [0.29, 0.717) is 18.3 Å². The number of hydrogen-bond donors (Lipinski definition) is 3. The second kappa shape index (κ2) is 5.65. The molecule has 0 radical (unpaired) electrons. The standard InChI is InChI=1S/C16H13FN6O/c17-11-3-1-2-9(6-11)8-19-16-23-22-15(24-16)10-4-5-13-12(7-10)14(18)21-20-13/h1-7H,8H2,(H,19,23)(H3,18,20,21). The molecule has 0 saturated carbocycles. The van der Waals surface area contributed by atoms with Crippen LogP contribution < -0.4 is 11.1 Å². The maximum atomic E-state index is 13.2. The molecule has 8 heteroatoms. The van der Waals surface area contributed by atoms with Gasteiger partial charge in [0.15, 0.2) is 5.82 Å². The van der Waals surface area contributed by atoms with Gasteiger partial charge in [-0.05, 0) is 35.9 Å². The lowest BCUT2D eigenvalue weighted by Gasteiger charge is -2.01. The van der Waals surface area contributed by atoms with Gasteiger partial charge in [0.25, 0.3) is 0 Å². The van der Waals surface area contributed by atoms with E-state index in [1.165, 1.54) is 12.1 Å². The van der Waals surface area contributed by atoms with Gasteiger partial charge in [0.1, 0.15) is 5.82 Å². The molecule has 0 saturated heterocycles. The van der Waals surface area contributed by atoms with E-state index in [9.17, 15) is 4.39 Å². The lowest BCUT2D eigenvalue weighted by molar-refractivity contribution is 0.580. The number of nitrogens with one attached hydrogen (secondary N) is 2. The molecule has 0 unspecified atom stereocenters. The van der Waals surface area contributed by atoms with Crippen LogP contribution in [0.4, 0.5) is 16.2 Å². The van der Waals surface area contributed by atoms with E-state index in [1.54, 1.807) is 6.07 Å². The molecule has 120 valence electrons. The fourth-order valence-electron chi connectivity index (χ4n) is 2.40. The van der Waals surface area contributed by atoms with Crippen molar-refractivity contribution in [3.63, 3.8) is 0 Å². The SMILES string of the molecule is Nc1n[nH]c2ccc(-c3nnc(NCc4cccc(F)c4)o3)cc12. The molecule has 0 amide bonds. The Bertz CT molecular complexity index is 1010. The molecule has 2 aromatic carbocycles. The van der Waals surface area contributed by atoms with Gasteiger partial charge in [-0.3, -0.25) is 5.10 Å². The number of aromatic nitrogens is 4. The van der Waals surface area contributed by atoms with E-state index in [1.807, 2.05) is 24.3 Å². The normalized spacial score (nSPS) is 11.0. The predicted molar refractivity (Wildman–Crippen MR) is 87.5 cm³/mol. The second-order valence-electron chi connectivity index (χ2n) is 5.27. The van der Waals surface area contributed by atoms with Crippen molar-refractivity contribution >= 4 is 22.7 Å². The first-order valence-electron chi connectivity index (χ1n) is 7.25. The molecule has 4 aromatic rings. The number of rotatable bonds is 4. The van der Waals surface area contributed by atoms with E-state index < -0.39 is 0 Å². The van der Waals surface area contributed by atoms with Crippen LogP contribution in [-0.4, -0.2) is 20.4 Å². The van der Waals surface area contributed by atoms with Gasteiger partial charge >= 0.3 is 6.01 Å². The monoisotopic (exact) mass is 324 g/mol. The number of aromatic amines is 1. The van der Waals surface area contributed by atoms with Crippen LogP contribution in [0.3, 0.4) is 0 Å². The first-order valence-corrected chi connectivity index (χ1v) is 7.25. The van der Waals surface area contributed by atoms with E-state index in [-0.39, 0.29) is 11.8 Å². The Labute approximate surface area is 135 Å². The fraction of sp³-hybridized carbons (Fsp3) is 0.0625. The maximum Gasteiger partial charge on any atom is 0.316 e. The number of fused-ring (bicyclic) bond motifs is 1. The minimum absolute atomic E-state index is 0.259.